The third kappa shape index (κ3) is 4.10. The van der Waals surface area contributed by atoms with Crippen LogP contribution in [-0.2, 0) is 23.2 Å². The molecule has 0 nitrogen and oxygen atoms in total. The predicted octanol–water partition coefficient (Wildman–Crippen LogP) is -3.24. The van der Waals surface area contributed by atoms with Crippen molar-refractivity contribution in [2.75, 3.05) is 0 Å². The Bertz CT molecular complexity index is 249. The molecule has 0 aromatic rings. The Labute approximate surface area is 108 Å². The molecule has 3 heteroatoms. The van der Waals surface area contributed by atoms with E-state index in [1.54, 1.807) is 6.56 Å². The van der Waals surface area contributed by atoms with E-state index in [-0.39, 0.29) is 52.6 Å². The van der Waals surface area contributed by atoms with Gasteiger partial charge in [0.25, 0.3) is 0 Å². The first-order chi connectivity index (χ1) is 5.45. The van der Waals surface area contributed by atoms with Crippen molar-refractivity contribution in [3.63, 3.8) is 0 Å². The number of halogens is 2. The first kappa shape index (κ1) is 13.6. The van der Waals surface area contributed by atoms with Gasteiger partial charge in [-0.15, -0.1) is 0 Å². The van der Waals surface area contributed by atoms with Crippen LogP contribution in [0.15, 0.2) is 43.0 Å². The topological polar surface area (TPSA) is 0 Å². The first-order valence-electron chi connectivity index (χ1n) is 3.93. The van der Waals surface area contributed by atoms with Gasteiger partial charge in [0.05, 0.1) is 0 Å². The molecule has 2 aliphatic rings. The first-order valence-corrected chi connectivity index (χ1v) is 6.39. The molecule has 0 atom stereocenters. The third-order valence-corrected chi connectivity index (χ3v) is 5.27. The fraction of sp³-hybridized carbons (Fsp3) is 0.200. The van der Waals surface area contributed by atoms with Crippen LogP contribution < -0.4 is 29.4 Å². The minimum Gasteiger partial charge on any atom is -1.00 e. The molecule has 0 aromatic carbocycles. The maximum atomic E-state index is 2.31. The molecule has 0 aromatic heterocycles. The van der Waals surface area contributed by atoms with Crippen molar-refractivity contribution in [1.29, 1.82) is 0 Å². The molecule has 0 N–H and O–H groups in total. The summed E-state index contributed by atoms with van der Waals surface area (Å²) in [6.07, 6.45) is 16.0. The summed E-state index contributed by atoms with van der Waals surface area (Å²) in [5.74, 6) is 0. The number of rotatable bonds is 2. The Morgan fingerprint density at radius 2 is 1.38 bits per heavy atom. The summed E-state index contributed by atoms with van der Waals surface area (Å²) >= 11 is -0.312. The molecule has 0 unspecified atom stereocenters. The van der Waals surface area contributed by atoms with Gasteiger partial charge in [0.15, 0.2) is 0 Å². The van der Waals surface area contributed by atoms with E-state index in [0.29, 0.717) is 0 Å². The van der Waals surface area contributed by atoms with Crippen LogP contribution in [-0.4, -0.2) is 0 Å². The van der Waals surface area contributed by atoms with E-state index in [0.717, 1.165) is 0 Å². The molecule has 68 valence electrons. The molecule has 0 fully saturated rings. The number of allylic oxidation sites excluding steroid dienone is 8. The summed E-state index contributed by atoms with van der Waals surface area (Å²) in [6, 6.07) is 0. The smallest absolute Gasteiger partial charge is 1.00 e. The molecule has 0 bridgehead atoms. The molecule has 0 spiro atoms. The minimum absolute atomic E-state index is 0. The molecular formula is C10H10BrClZr. The largest absolute Gasteiger partial charge is 1.00 e. The zero-order valence-corrected chi connectivity index (χ0v) is 11.9. The molecule has 2 rings (SSSR count). The average molecular weight is 337 g/mol. The van der Waals surface area contributed by atoms with Gasteiger partial charge in [-0.1, -0.05) is 0 Å². The molecule has 0 saturated carbocycles. The summed E-state index contributed by atoms with van der Waals surface area (Å²) in [5, 5.41) is 0. The van der Waals surface area contributed by atoms with Crippen LogP contribution in [0.4, 0.5) is 0 Å². The van der Waals surface area contributed by atoms with Crippen LogP contribution in [0.3, 0.4) is 0 Å². The average Bonchev–Trinajstić information content (AvgIpc) is 2.60. The van der Waals surface area contributed by atoms with Crippen LogP contribution in [0.25, 0.3) is 0 Å². The van der Waals surface area contributed by atoms with Crippen LogP contribution in [0.2, 0.25) is 0 Å². The van der Waals surface area contributed by atoms with Gasteiger partial charge in [-0.05, 0) is 0 Å². The normalized spacial score (nSPS) is 16.9. The fourth-order valence-corrected chi connectivity index (χ4v) is 4.26. The zero-order valence-electron chi connectivity index (χ0n) is 7.13. The SMILES string of the molecule is C1=CC[C]([Zr+2][C]2=CC=CC2)=C1.[Br-].[Cl-]. The van der Waals surface area contributed by atoms with Gasteiger partial charge in [-0.2, -0.15) is 0 Å². The Hall–Kier alpha value is 0.613. The predicted molar refractivity (Wildman–Crippen MR) is 43.7 cm³/mol. The maximum absolute atomic E-state index is 2.31. The van der Waals surface area contributed by atoms with Gasteiger partial charge in [0, 0.05) is 0 Å². The molecule has 0 saturated heterocycles. The van der Waals surface area contributed by atoms with Crippen molar-refractivity contribution in [2.45, 2.75) is 12.8 Å². The Balaban J connectivity index is 0.000000720. The summed E-state index contributed by atoms with van der Waals surface area (Å²) in [6.45, 7) is 0. The van der Waals surface area contributed by atoms with Crippen molar-refractivity contribution in [2.24, 2.45) is 0 Å². The molecule has 2 aliphatic carbocycles. The summed E-state index contributed by atoms with van der Waals surface area (Å²) in [5.41, 5.74) is 0. The Morgan fingerprint density at radius 3 is 1.69 bits per heavy atom. The van der Waals surface area contributed by atoms with Gasteiger partial charge in [0.1, 0.15) is 0 Å². The van der Waals surface area contributed by atoms with E-state index in [1.807, 2.05) is 0 Å². The van der Waals surface area contributed by atoms with Crippen molar-refractivity contribution in [1.82, 2.24) is 0 Å². The Kier molecular flexibility index (Phi) is 7.31. The van der Waals surface area contributed by atoms with Crippen LogP contribution >= 0.6 is 0 Å². The van der Waals surface area contributed by atoms with E-state index in [1.165, 1.54) is 12.8 Å². The summed E-state index contributed by atoms with van der Waals surface area (Å²) in [4.78, 5) is 0. The second-order valence-electron chi connectivity index (χ2n) is 2.77. The number of hydrogen-bond donors (Lipinski definition) is 0. The quantitative estimate of drug-likeness (QED) is 0.497. The second kappa shape index (κ2) is 6.98. The standard InChI is InChI=1S/2C5H5.BrH.ClH.Zr/c2*1-2-4-5-3-1;;;/h2*1-3H,4H2;2*1H;/q;;;;+2/p-2. The van der Waals surface area contributed by atoms with Gasteiger partial charge < -0.3 is 29.4 Å². The van der Waals surface area contributed by atoms with Gasteiger partial charge >= 0.3 is 79.1 Å². The van der Waals surface area contributed by atoms with Gasteiger partial charge in [0.2, 0.25) is 0 Å². The van der Waals surface area contributed by atoms with Crippen LogP contribution in [0.5, 0.6) is 0 Å². The third-order valence-electron chi connectivity index (χ3n) is 1.86. The monoisotopic (exact) mass is 334 g/mol. The van der Waals surface area contributed by atoms with Crippen molar-refractivity contribution < 1.29 is 52.6 Å². The summed E-state index contributed by atoms with van der Waals surface area (Å²) in [7, 11) is 0. The maximum Gasteiger partial charge on any atom is -1.00 e. The molecule has 0 heterocycles. The van der Waals surface area contributed by atoms with Crippen molar-refractivity contribution in [3.05, 3.63) is 43.0 Å². The molecule has 0 aliphatic heterocycles. The van der Waals surface area contributed by atoms with Crippen LogP contribution in [0.1, 0.15) is 12.8 Å². The molecule has 13 heavy (non-hydrogen) atoms. The van der Waals surface area contributed by atoms with E-state index >= 15 is 0 Å². The van der Waals surface area contributed by atoms with E-state index in [9.17, 15) is 0 Å². The zero-order chi connectivity index (χ0) is 7.52. The van der Waals surface area contributed by atoms with Gasteiger partial charge in [-0.3, -0.25) is 0 Å². The summed E-state index contributed by atoms with van der Waals surface area (Å²) < 4.78 is 3.45. The molecule has 0 amide bonds. The second-order valence-corrected chi connectivity index (χ2v) is 6.55. The number of hydrogen-bond acceptors (Lipinski definition) is 0. The van der Waals surface area contributed by atoms with Crippen molar-refractivity contribution in [3.8, 4) is 0 Å². The van der Waals surface area contributed by atoms with Crippen molar-refractivity contribution >= 4 is 0 Å². The fourth-order valence-electron chi connectivity index (χ4n) is 1.29. The Morgan fingerprint density at radius 1 is 0.923 bits per heavy atom. The van der Waals surface area contributed by atoms with E-state index < -0.39 is 0 Å². The van der Waals surface area contributed by atoms with Crippen LogP contribution in [0, 0.1) is 0 Å². The minimum atomic E-state index is -0.312. The molecular weight excluding hydrogens is 327 g/mol. The van der Waals surface area contributed by atoms with Gasteiger partial charge in [-0.25, -0.2) is 0 Å². The van der Waals surface area contributed by atoms with E-state index in [4.69, 9.17) is 0 Å². The van der Waals surface area contributed by atoms with E-state index in [2.05, 4.69) is 36.5 Å². The molecule has 0 radical (unpaired) electrons.